The molecular formula is C21H39IN6S2. The Morgan fingerprint density at radius 2 is 2.03 bits per heavy atom. The summed E-state index contributed by atoms with van der Waals surface area (Å²) in [5, 5.41) is 13.5. The van der Waals surface area contributed by atoms with Crippen LogP contribution in [0.1, 0.15) is 58.2 Å². The van der Waals surface area contributed by atoms with Crippen molar-refractivity contribution in [3.8, 4) is 0 Å². The number of hydrogen-bond acceptors (Lipinski definition) is 5. The number of guanidine groups is 1. The number of halogens is 1. The monoisotopic (exact) mass is 566 g/mol. The highest BCUT2D eigenvalue weighted by atomic mass is 127. The second-order valence-corrected chi connectivity index (χ2v) is 11.0. The van der Waals surface area contributed by atoms with Crippen molar-refractivity contribution in [2.75, 3.05) is 38.7 Å². The number of rotatable bonds is 7. The Kier molecular flexibility index (Phi) is 11.1. The summed E-state index contributed by atoms with van der Waals surface area (Å²) in [4.78, 5) is 7.09. The topological polar surface area (TPSA) is 58.3 Å². The Bertz CT molecular complexity index is 667. The summed E-state index contributed by atoms with van der Waals surface area (Å²) in [7, 11) is 1.92. The molecule has 9 heteroatoms. The van der Waals surface area contributed by atoms with Gasteiger partial charge >= 0.3 is 0 Å². The zero-order valence-electron chi connectivity index (χ0n) is 19.0. The van der Waals surface area contributed by atoms with Crippen LogP contribution in [0.3, 0.4) is 0 Å². The first kappa shape index (κ1) is 26.1. The third kappa shape index (κ3) is 6.92. The first-order chi connectivity index (χ1) is 14.1. The standard InChI is InChI=1S/C21H38N6S2.HI/c1-17(2)15-27-18(24-25-20(27)28-4)9-8-12-23-19(22-3)26-13-14-29-21(16-26)10-6-5-7-11-21;/h17H,5-16H2,1-4H3,(H,22,23);1H. The van der Waals surface area contributed by atoms with Crippen molar-refractivity contribution in [1.82, 2.24) is 25.0 Å². The Hall–Kier alpha value is -0.160. The number of hydrogen-bond donors (Lipinski definition) is 1. The summed E-state index contributed by atoms with van der Waals surface area (Å²) in [6.07, 6.45) is 11.0. The predicted molar refractivity (Wildman–Crippen MR) is 142 cm³/mol. The lowest BCUT2D eigenvalue weighted by molar-refractivity contribution is 0.293. The summed E-state index contributed by atoms with van der Waals surface area (Å²) >= 11 is 3.89. The van der Waals surface area contributed by atoms with Crippen molar-refractivity contribution in [2.45, 2.75) is 75.2 Å². The van der Waals surface area contributed by atoms with Gasteiger partial charge in [-0.15, -0.1) is 34.2 Å². The molecule has 3 rings (SSSR count). The molecule has 1 aromatic heterocycles. The molecule has 1 saturated heterocycles. The number of nitrogens with zero attached hydrogens (tertiary/aromatic N) is 5. The van der Waals surface area contributed by atoms with Crippen LogP contribution in [0.2, 0.25) is 0 Å². The van der Waals surface area contributed by atoms with Gasteiger partial charge in [-0.05, 0) is 31.4 Å². The smallest absolute Gasteiger partial charge is 0.193 e. The number of aliphatic imine (C=N–C) groups is 1. The summed E-state index contributed by atoms with van der Waals surface area (Å²) in [6.45, 7) is 8.65. The molecule has 1 saturated carbocycles. The minimum atomic E-state index is 0. The van der Waals surface area contributed by atoms with E-state index in [-0.39, 0.29) is 24.0 Å². The highest BCUT2D eigenvalue weighted by molar-refractivity contribution is 14.0. The number of aryl methyl sites for hydroxylation is 1. The molecule has 1 N–H and O–H groups in total. The average molecular weight is 567 g/mol. The van der Waals surface area contributed by atoms with Crippen LogP contribution in [0.4, 0.5) is 0 Å². The molecule has 6 nitrogen and oxygen atoms in total. The minimum absolute atomic E-state index is 0. The van der Waals surface area contributed by atoms with E-state index >= 15 is 0 Å². The maximum absolute atomic E-state index is 4.59. The molecule has 0 amide bonds. The van der Waals surface area contributed by atoms with Crippen molar-refractivity contribution < 1.29 is 0 Å². The lowest BCUT2D eigenvalue weighted by Gasteiger charge is -2.45. The molecule has 0 bridgehead atoms. The first-order valence-electron chi connectivity index (χ1n) is 11.1. The molecule has 0 aromatic carbocycles. The fraction of sp³-hybridized carbons (Fsp3) is 0.857. The van der Waals surface area contributed by atoms with Crippen molar-refractivity contribution in [3.05, 3.63) is 5.82 Å². The molecule has 0 radical (unpaired) electrons. The Morgan fingerprint density at radius 3 is 2.70 bits per heavy atom. The SMILES string of the molecule is CN=C(NCCCc1nnc(SC)n1CC(C)C)N1CCSC2(CCCCC2)C1.I. The maximum atomic E-state index is 4.59. The number of thioether (sulfide) groups is 2. The molecule has 2 fully saturated rings. The van der Waals surface area contributed by atoms with Crippen LogP contribution in [0.15, 0.2) is 10.1 Å². The second-order valence-electron chi connectivity index (χ2n) is 8.70. The van der Waals surface area contributed by atoms with Crippen LogP contribution < -0.4 is 5.32 Å². The molecule has 30 heavy (non-hydrogen) atoms. The van der Waals surface area contributed by atoms with E-state index in [4.69, 9.17) is 0 Å². The van der Waals surface area contributed by atoms with Gasteiger partial charge in [0.2, 0.25) is 0 Å². The fourth-order valence-corrected chi connectivity index (χ4v) is 6.60. The van der Waals surface area contributed by atoms with E-state index in [2.05, 4.69) is 61.8 Å². The molecule has 1 aromatic rings. The third-order valence-electron chi connectivity index (χ3n) is 5.91. The Morgan fingerprint density at radius 1 is 1.27 bits per heavy atom. The van der Waals surface area contributed by atoms with Gasteiger partial charge in [-0.3, -0.25) is 4.99 Å². The molecule has 1 spiro atoms. The van der Waals surface area contributed by atoms with Crippen LogP contribution in [-0.4, -0.2) is 69.1 Å². The largest absolute Gasteiger partial charge is 0.356 e. The van der Waals surface area contributed by atoms with E-state index in [0.717, 1.165) is 56.0 Å². The van der Waals surface area contributed by atoms with Gasteiger partial charge in [0.05, 0.1) is 0 Å². The highest BCUT2D eigenvalue weighted by Crippen LogP contribution is 2.42. The van der Waals surface area contributed by atoms with Crippen LogP contribution >= 0.6 is 47.5 Å². The van der Waals surface area contributed by atoms with Gasteiger partial charge in [-0.2, -0.15) is 11.8 Å². The lowest BCUT2D eigenvalue weighted by Crippen LogP contribution is -2.53. The number of nitrogens with one attached hydrogen (secondary N) is 1. The molecule has 172 valence electrons. The van der Waals surface area contributed by atoms with Crippen molar-refractivity contribution in [3.63, 3.8) is 0 Å². The first-order valence-corrected chi connectivity index (χ1v) is 13.3. The Balaban J connectivity index is 0.00000320. The quantitative estimate of drug-likeness (QED) is 0.172. The van der Waals surface area contributed by atoms with Crippen LogP contribution in [-0.2, 0) is 13.0 Å². The molecule has 1 aliphatic carbocycles. The van der Waals surface area contributed by atoms with E-state index in [1.54, 1.807) is 11.8 Å². The van der Waals surface area contributed by atoms with Gasteiger partial charge < -0.3 is 14.8 Å². The van der Waals surface area contributed by atoms with E-state index in [1.165, 1.54) is 37.9 Å². The fourth-order valence-electron chi connectivity index (χ4n) is 4.51. The van der Waals surface area contributed by atoms with Gasteiger partial charge in [0.1, 0.15) is 5.82 Å². The molecule has 0 unspecified atom stereocenters. The zero-order valence-corrected chi connectivity index (χ0v) is 23.0. The van der Waals surface area contributed by atoms with Gasteiger partial charge in [0.25, 0.3) is 0 Å². The van der Waals surface area contributed by atoms with E-state index in [1.807, 2.05) is 7.05 Å². The van der Waals surface area contributed by atoms with Crippen molar-refractivity contribution in [1.29, 1.82) is 0 Å². The number of aromatic nitrogens is 3. The lowest BCUT2D eigenvalue weighted by atomic mass is 9.87. The summed E-state index contributed by atoms with van der Waals surface area (Å²) in [6, 6.07) is 0. The van der Waals surface area contributed by atoms with Crippen LogP contribution in [0.5, 0.6) is 0 Å². The highest BCUT2D eigenvalue weighted by Gasteiger charge is 2.38. The van der Waals surface area contributed by atoms with Crippen molar-refractivity contribution >= 4 is 53.5 Å². The predicted octanol–water partition coefficient (Wildman–Crippen LogP) is 4.53. The molecule has 0 atom stereocenters. The third-order valence-corrected chi connectivity index (χ3v) is 8.11. The average Bonchev–Trinajstić information content (AvgIpc) is 3.09. The normalized spacial score (nSPS) is 19.2. The van der Waals surface area contributed by atoms with Crippen LogP contribution in [0, 0.1) is 5.92 Å². The van der Waals surface area contributed by atoms with E-state index < -0.39 is 0 Å². The molecule has 2 heterocycles. The van der Waals surface area contributed by atoms with Crippen molar-refractivity contribution in [2.24, 2.45) is 10.9 Å². The second kappa shape index (κ2) is 12.8. The van der Waals surface area contributed by atoms with Gasteiger partial charge in [0, 0.05) is 50.1 Å². The minimum Gasteiger partial charge on any atom is -0.356 e. The molecule has 1 aliphatic heterocycles. The summed E-state index contributed by atoms with van der Waals surface area (Å²) in [5.74, 6) is 3.99. The summed E-state index contributed by atoms with van der Waals surface area (Å²) in [5.41, 5.74) is 0. The Labute approximate surface area is 208 Å². The van der Waals surface area contributed by atoms with Crippen LogP contribution in [0.25, 0.3) is 0 Å². The molecule has 2 aliphatic rings. The van der Waals surface area contributed by atoms with Gasteiger partial charge in [-0.25, -0.2) is 0 Å². The maximum Gasteiger partial charge on any atom is 0.193 e. The van der Waals surface area contributed by atoms with E-state index in [0.29, 0.717) is 10.7 Å². The zero-order chi connectivity index (χ0) is 20.7. The van der Waals surface area contributed by atoms with E-state index in [9.17, 15) is 0 Å². The summed E-state index contributed by atoms with van der Waals surface area (Å²) < 4.78 is 2.76. The molecular weight excluding hydrogens is 527 g/mol. The van der Waals surface area contributed by atoms with Gasteiger partial charge in [0.15, 0.2) is 11.1 Å². The van der Waals surface area contributed by atoms with Gasteiger partial charge in [-0.1, -0.05) is 44.9 Å².